The summed E-state index contributed by atoms with van der Waals surface area (Å²) in [6.07, 6.45) is 4.14. The highest BCUT2D eigenvalue weighted by atomic mass is 35.5. The first kappa shape index (κ1) is 19.2. The van der Waals surface area contributed by atoms with Gasteiger partial charge in [-0.1, -0.05) is 17.7 Å². The second kappa shape index (κ2) is 8.93. The third kappa shape index (κ3) is 4.65. The van der Waals surface area contributed by atoms with Crippen molar-refractivity contribution in [3.8, 4) is 0 Å². The number of amides is 1. The normalized spacial score (nSPS) is 21.0. The van der Waals surface area contributed by atoms with E-state index in [9.17, 15) is 4.79 Å². The number of rotatable bonds is 4. The SMILES string of the molecule is O=C(c1ccc(Cl)cc1)N1CCCC(CN2CCN(c3ccccn3)CC2)C1. The monoisotopic (exact) mass is 398 g/mol. The van der Waals surface area contributed by atoms with Crippen LogP contribution in [0.5, 0.6) is 0 Å². The molecule has 6 heteroatoms. The topological polar surface area (TPSA) is 39.7 Å². The third-order valence-corrected chi connectivity index (χ3v) is 6.01. The summed E-state index contributed by atoms with van der Waals surface area (Å²) >= 11 is 5.95. The number of nitrogens with zero attached hydrogens (tertiary/aromatic N) is 4. The molecule has 0 saturated carbocycles. The Morgan fingerprint density at radius 3 is 2.54 bits per heavy atom. The molecule has 2 fully saturated rings. The molecule has 2 aromatic rings. The van der Waals surface area contributed by atoms with Gasteiger partial charge in [-0.2, -0.15) is 0 Å². The lowest BCUT2D eigenvalue weighted by Crippen LogP contribution is -2.50. The molecule has 0 spiro atoms. The molecule has 4 rings (SSSR count). The number of piperazine rings is 1. The number of likely N-dealkylation sites (tertiary alicyclic amines) is 1. The number of piperidine rings is 1. The molecule has 0 N–H and O–H groups in total. The van der Waals surface area contributed by atoms with Gasteiger partial charge >= 0.3 is 0 Å². The summed E-state index contributed by atoms with van der Waals surface area (Å²) in [6.45, 7) is 6.90. The maximum absolute atomic E-state index is 12.8. The average molecular weight is 399 g/mol. The van der Waals surface area contributed by atoms with Crippen LogP contribution in [-0.4, -0.2) is 66.5 Å². The molecule has 2 saturated heterocycles. The maximum Gasteiger partial charge on any atom is 0.253 e. The van der Waals surface area contributed by atoms with E-state index in [0.717, 1.165) is 63.6 Å². The van der Waals surface area contributed by atoms with E-state index in [1.165, 1.54) is 6.42 Å². The first-order valence-electron chi connectivity index (χ1n) is 10.1. The van der Waals surface area contributed by atoms with E-state index < -0.39 is 0 Å². The van der Waals surface area contributed by atoms with Crippen LogP contribution in [0.1, 0.15) is 23.2 Å². The van der Waals surface area contributed by atoms with E-state index in [0.29, 0.717) is 10.9 Å². The zero-order chi connectivity index (χ0) is 19.3. The molecule has 0 bridgehead atoms. The van der Waals surface area contributed by atoms with Gasteiger partial charge in [-0.3, -0.25) is 9.69 Å². The van der Waals surface area contributed by atoms with E-state index in [1.54, 1.807) is 12.1 Å². The van der Waals surface area contributed by atoms with Crippen LogP contribution >= 0.6 is 11.6 Å². The standard InChI is InChI=1S/C22H27ClN4O/c23-20-8-6-19(7-9-20)22(28)27-11-3-4-18(17-27)16-25-12-14-26(15-13-25)21-5-1-2-10-24-21/h1-2,5-10,18H,3-4,11-17H2. The van der Waals surface area contributed by atoms with Crippen molar-refractivity contribution in [2.45, 2.75) is 12.8 Å². The van der Waals surface area contributed by atoms with Crippen LogP contribution in [0.2, 0.25) is 5.02 Å². The second-order valence-corrected chi connectivity index (χ2v) is 8.18. The number of hydrogen-bond acceptors (Lipinski definition) is 4. The summed E-state index contributed by atoms with van der Waals surface area (Å²) in [5, 5.41) is 0.665. The highest BCUT2D eigenvalue weighted by molar-refractivity contribution is 6.30. The fourth-order valence-corrected chi connectivity index (χ4v) is 4.37. The Labute approximate surface area is 171 Å². The van der Waals surface area contributed by atoms with Gasteiger partial charge in [0.25, 0.3) is 5.91 Å². The highest BCUT2D eigenvalue weighted by Crippen LogP contribution is 2.22. The molecule has 0 radical (unpaired) electrons. The van der Waals surface area contributed by atoms with Crippen LogP contribution in [0.25, 0.3) is 0 Å². The molecular formula is C22H27ClN4O. The van der Waals surface area contributed by atoms with Gasteiger partial charge in [-0.25, -0.2) is 4.98 Å². The van der Waals surface area contributed by atoms with Crippen molar-refractivity contribution >= 4 is 23.3 Å². The fraction of sp³-hybridized carbons (Fsp3) is 0.455. The van der Waals surface area contributed by atoms with Crippen LogP contribution in [0.15, 0.2) is 48.7 Å². The number of pyridine rings is 1. The Morgan fingerprint density at radius 1 is 1.04 bits per heavy atom. The maximum atomic E-state index is 12.8. The molecule has 0 aliphatic carbocycles. The summed E-state index contributed by atoms with van der Waals surface area (Å²) in [5.41, 5.74) is 0.731. The number of carbonyl (C=O) groups excluding carboxylic acids is 1. The summed E-state index contributed by atoms with van der Waals surface area (Å²) in [5.74, 6) is 1.74. The molecular weight excluding hydrogens is 372 g/mol. The lowest BCUT2D eigenvalue weighted by atomic mass is 9.96. The number of benzene rings is 1. The highest BCUT2D eigenvalue weighted by Gasteiger charge is 2.27. The molecule has 1 atom stereocenters. The quantitative estimate of drug-likeness (QED) is 0.791. The van der Waals surface area contributed by atoms with E-state index in [-0.39, 0.29) is 5.91 Å². The summed E-state index contributed by atoms with van der Waals surface area (Å²) < 4.78 is 0. The molecule has 1 amide bonds. The number of aromatic nitrogens is 1. The van der Waals surface area contributed by atoms with E-state index >= 15 is 0 Å². The van der Waals surface area contributed by atoms with E-state index in [1.807, 2.05) is 35.4 Å². The molecule has 148 valence electrons. The minimum absolute atomic E-state index is 0.126. The number of anilines is 1. The smallest absolute Gasteiger partial charge is 0.253 e. The van der Waals surface area contributed by atoms with Gasteiger partial charge in [-0.05, 0) is 55.2 Å². The van der Waals surface area contributed by atoms with Gasteiger partial charge in [0.2, 0.25) is 0 Å². The fourth-order valence-electron chi connectivity index (χ4n) is 4.24. The predicted molar refractivity (Wildman–Crippen MR) is 113 cm³/mol. The van der Waals surface area contributed by atoms with Crippen molar-refractivity contribution < 1.29 is 4.79 Å². The molecule has 1 aromatic carbocycles. The Hall–Kier alpha value is -2.11. The molecule has 2 aliphatic heterocycles. The number of carbonyl (C=O) groups is 1. The predicted octanol–water partition coefficient (Wildman–Crippen LogP) is 3.41. The Bertz CT molecular complexity index is 775. The Kier molecular flexibility index (Phi) is 6.13. The van der Waals surface area contributed by atoms with Gasteiger partial charge in [0, 0.05) is 62.6 Å². The third-order valence-electron chi connectivity index (χ3n) is 5.76. The van der Waals surface area contributed by atoms with Gasteiger partial charge in [0.15, 0.2) is 0 Å². The van der Waals surface area contributed by atoms with Gasteiger partial charge in [0.05, 0.1) is 0 Å². The van der Waals surface area contributed by atoms with E-state index in [4.69, 9.17) is 11.6 Å². The van der Waals surface area contributed by atoms with Crippen LogP contribution in [0.3, 0.4) is 0 Å². The first-order chi connectivity index (χ1) is 13.7. The van der Waals surface area contributed by atoms with Gasteiger partial charge in [0.1, 0.15) is 5.82 Å². The van der Waals surface area contributed by atoms with Crippen molar-refractivity contribution in [2.75, 3.05) is 50.7 Å². The van der Waals surface area contributed by atoms with Crippen LogP contribution in [0.4, 0.5) is 5.82 Å². The van der Waals surface area contributed by atoms with Crippen molar-refractivity contribution in [2.24, 2.45) is 5.92 Å². The second-order valence-electron chi connectivity index (χ2n) is 7.74. The summed E-state index contributed by atoms with van der Waals surface area (Å²) in [4.78, 5) is 24.2. The van der Waals surface area contributed by atoms with Gasteiger partial charge < -0.3 is 9.80 Å². The van der Waals surface area contributed by atoms with E-state index in [2.05, 4.69) is 20.9 Å². The number of halogens is 1. The van der Waals surface area contributed by atoms with Crippen molar-refractivity contribution in [3.63, 3.8) is 0 Å². The minimum atomic E-state index is 0.126. The zero-order valence-corrected chi connectivity index (χ0v) is 16.9. The first-order valence-corrected chi connectivity index (χ1v) is 10.5. The van der Waals surface area contributed by atoms with Crippen LogP contribution in [-0.2, 0) is 0 Å². The van der Waals surface area contributed by atoms with Crippen molar-refractivity contribution in [1.82, 2.24) is 14.8 Å². The largest absolute Gasteiger partial charge is 0.354 e. The van der Waals surface area contributed by atoms with Crippen molar-refractivity contribution in [3.05, 3.63) is 59.2 Å². The summed E-state index contributed by atoms with van der Waals surface area (Å²) in [7, 11) is 0. The number of hydrogen-bond donors (Lipinski definition) is 0. The molecule has 5 nitrogen and oxygen atoms in total. The van der Waals surface area contributed by atoms with Crippen molar-refractivity contribution in [1.29, 1.82) is 0 Å². The Balaban J connectivity index is 1.28. The molecule has 1 unspecified atom stereocenters. The molecule has 2 aliphatic rings. The Morgan fingerprint density at radius 2 is 1.82 bits per heavy atom. The van der Waals surface area contributed by atoms with Gasteiger partial charge in [-0.15, -0.1) is 0 Å². The zero-order valence-electron chi connectivity index (χ0n) is 16.1. The minimum Gasteiger partial charge on any atom is -0.354 e. The summed E-state index contributed by atoms with van der Waals surface area (Å²) in [6, 6.07) is 13.3. The average Bonchev–Trinajstić information content (AvgIpc) is 2.75. The lowest BCUT2D eigenvalue weighted by Gasteiger charge is -2.39. The molecule has 28 heavy (non-hydrogen) atoms. The molecule has 1 aromatic heterocycles. The molecule has 3 heterocycles. The lowest BCUT2D eigenvalue weighted by molar-refractivity contribution is 0.0637. The van der Waals surface area contributed by atoms with Crippen LogP contribution in [0, 0.1) is 5.92 Å². The van der Waals surface area contributed by atoms with Crippen LogP contribution < -0.4 is 4.90 Å².